The van der Waals surface area contributed by atoms with Gasteiger partial charge in [-0.2, -0.15) is 0 Å². The van der Waals surface area contributed by atoms with Crippen LogP contribution in [0.2, 0.25) is 0 Å². The van der Waals surface area contributed by atoms with Gasteiger partial charge in [0.05, 0.1) is 23.6 Å². The van der Waals surface area contributed by atoms with Crippen LogP contribution < -0.4 is 11.1 Å². The minimum atomic E-state index is -0.663. The van der Waals surface area contributed by atoms with Gasteiger partial charge in [0.2, 0.25) is 0 Å². The third-order valence-electron chi connectivity index (χ3n) is 4.74. The lowest BCUT2D eigenvalue weighted by molar-refractivity contribution is -0.114. The summed E-state index contributed by atoms with van der Waals surface area (Å²) in [6.45, 7) is 2.67. The lowest BCUT2D eigenvalue weighted by Gasteiger charge is -2.12. The number of allylic oxidation sites excluding steroid dienone is 2. The molecule has 0 aliphatic heterocycles. The first-order valence-corrected chi connectivity index (χ1v) is 9.29. The van der Waals surface area contributed by atoms with E-state index < -0.39 is 6.04 Å². The molecule has 0 saturated carbocycles. The third kappa shape index (κ3) is 3.91. The van der Waals surface area contributed by atoms with Gasteiger partial charge in [-0.1, -0.05) is 35.5 Å². The number of aryl methyl sites for hydroxylation is 1. The zero-order chi connectivity index (χ0) is 20.4. The fourth-order valence-electron chi connectivity index (χ4n) is 3.13. The Morgan fingerprint density at radius 3 is 2.69 bits per heavy atom. The molecule has 0 bridgehead atoms. The van der Waals surface area contributed by atoms with Crippen LogP contribution in [0, 0.1) is 6.92 Å². The van der Waals surface area contributed by atoms with Crippen LogP contribution in [0.5, 0.6) is 0 Å². The second-order valence-corrected chi connectivity index (χ2v) is 6.88. The number of hydrogen-bond acceptors (Lipinski definition) is 7. The van der Waals surface area contributed by atoms with Crippen LogP contribution >= 0.6 is 0 Å². The molecule has 0 spiro atoms. The second-order valence-electron chi connectivity index (χ2n) is 6.88. The van der Waals surface area contributed by atoms with Crippen molar-refractivity contribution in [2.45, 2.75) is 19.5 Å². The minimum Gasteiger partial charge on any atom is -0.354 e. The number of nitrogens with one attached hydrogen (secondary N) is 1. The minimum absolute atomic E-state index is 0.130. The number of carbonyl (C=O) groups is 1. The summed E-state index contributed by atoms with van der Waals surface area (Å²) in [5, 5.41) is 7.32. The zero-order valence-corrected chi connectivity index (χ0v) is 16.2. The molecule has 0 amide bonds. The lowest BCUT2D eigenvalue weighted by atomic mass is 10.00. The maximum Gasteiger partial charge on any atom is 0.187 e. The monoisotopic (exact) mass is 387 g/mol. The summed E-state index contributed by atoms with van der Waals surface area (Å²) in [5.74, 6) is 0.404. The van der Waals surface area contributed by atoms with Gasteiger partial charge in [0.25, 0.3) is 0 Å². The standard InChI is InChI=1S/C22H21N5O2/c1-13-22(26-19(12-25-13)16-7-8-20(28)17(23)9-16)21-10-18(27-29-21)15-5-3-14(4-6-15)11-24-2/h3-10,12,17,24H,11,23H2,1-2H3. The summed E-state index contributed by atoms with van der Waals surface area (Å²) in [5.41, 5.74) is 11.4. The van der Waals surface area contributed by atoms with Crippen molar-refractivity contribution in [2.24, 2.45) is 5.73 Å². The molecule has 2 heterocycles. The van der Waals surface area contributed by atoms with Gasteiger partial charge >= 0.3 is 0 Å². The number of benzene rings is 1. The first-order chi connectivity index (χ1) is 14.0. The Bertz CT molecular complexity index is 1110. The van der Waals surface area contributed by atoms with E-state index in [-0.39, 0.29) is 5.78 Å². The molecule has 3 aromatic rings. The van der Waals surface area contributed by atoms with Gasteiger partial charge in [-0.3, -0.25) is 9.78 Å². The van der Waals surface area contributed by atoms with Crippen LogP contribution in [0.1, 0.15) is 17.0 Å². The Morgan fingerprint density at radius 1 is 1.17 bits per heavy atom. The number of rotatable bonds is 5. The van der Waals surface area contributed by atoms with Crippen molar-refractivity contribution in [1.82, 2.24) is 20.4 Å². The van der Waals surface area contributed by atoms with Gasteiger partial charge < -0.3 is 15.6 Å². The van der Waals surface area contributed by atoms with Crippen molar-refractivity contribution in [1.29, 1.82) is 0 Å². The smallest absolute Gasteiger partial charge is 0.187 e. The Hall–Kier alpha value is -3.42. The van der Waals surface area contributed by atoms with Gasteiger partial charge in [-0.05, 0) is 37.3 Å². The van der Waals surface area contributed by atoms with Crippen molar-refractivity contribution < 1.29 is 9.32 Å². The summed E-state index contributed by atoms with van der Waals surface area (Å²) >= 11 is 0. The fraction of sp³-hybridized carbons (Fsp3) is 0.182. The molecule has 1 aliphatic carbocycles. The van der Waals surface area contributed by atoms with E-state index in [1.807, 2.05) is 32.2 Å². The van der Waals surface area contributed by atoms with Gasteiger partial charge in [-0.15, -0.1) is 0 Å². The zero-order valence-electron chi connectivity index (χ0n) is 16.2. The number of nitrogens with zero attached hydrogens (tertiary/aromatic N) is 3. The van der Waals surface area contributed by atoms with Crippen molar-refractivity contribution >= 4 is 11.4 Å². The molecule has 7 nitrogen and oxygen atoms in total. The Kier molecular flexibility index (Phi) is 5.16. The quantitative estimate of drug-likeness (QED) is 0.693. The van der Waals surface area contributed by atoms with E-state index in [9.17, 15) is 4.79 Å². The highest BCUT2D eigenvalue weighted by molar-refractivity contribution is 6.01. The molecule has 7 heteroatoms. The number of hydrogen-bond donors (Lipinski definition) is 2. The number of carbonyl (C=O) groups excluding carboxylic acids is 1. The SMILES string of the molecule is CNCc1ccc(-c2cc(-c3nc(C4=CC(N)C(=O)C=C4)cnc3C)on2)cc1. The fourth-order valence-corrected chi connectivity index (χ4v) is 3.13. The molecular formula is C22H21N5O2. The molecule has 0 saturated heterocycles. The summed E-state index contributed by atoms with van der Waals surface area (Å²) < 4.78 is 5.56. The second kappa shape index (κ2) is 7.90. The van der Waals surface area contributed by atoms with Crippen LogP contribution in [0.4, 0.5) is 0 Å². The largest absolute Gasteiger partial charge is 0.354 e. The van der Waals surface area contributed by atoms with Crippen molar-refractivity contribution in [3.05, 3.63) is 71.7 Å². The van der Waals surface area contributed by atoms with E-state index in [0.29, 0.717) is 17.1 Å². The lowest BCUT2D eigenvalue weighted by Crippen LogP contribution is -2.28. The Balaban J connectivity index is 1.65. The molecule has 0 radical (unpaired) electrons. The van der Waals surface area contributed by atoms with Crippen LogP contribution in [0.15, 0.2) is 59.3 Å². The van der Waals surface area contributed by atoms with Gasteiger partial charge in [0, 0.05) is 18.2 Å². The van der Waals surface area contributed by atoms with Crippen LogP contribution in [0.25, 0.3) is 28.3 Å². The predicted molar refractivity (Wildman–Crippen MR) is 111 cm³/mol. The molecule has 146 valence electrons. The molecule has 1 aromatic carbocycles. The molecule has 3 N–H and O–H groups in total. The summed E-state index contributed by atoms with van der Waals surface area (Å²) in [4.78, 5) is 20.7. The van der Waals surface area contributed by atoms with E-state index >= 15 is 0 Å². The molecule has 4 rings (SSSR count). The Morgan fingerprint density at radius 2 is 1.97 bits per heavy atom. The number of nitrogens with two attached hydrogens (primary N) is 1. The molecule has 29 heavy (non-hydrogen) atoms. The molecule has 1 unspecified atom stereocenters. The van der Waals surface area contributed by atoms with Crippen molar-refractivity contribution in [3.8, 4) is 22.7 Å². The highest BCUT2D eigenvalue weighted by Crippen LogP contribution is 2.28. The predicted octanol–water partition coefficient (Wildman–Crippen LogP) is 2.68. The number of aromatic nitrogens is 3. The van der Waals surface area contributed by atoms with Gasteiger partial charge in [0.15, 0.2) is 11.5 Å². The van der Waals surface area contributed by atoms with E-state index in [2.05, 4.69) is 32.6 Å². The van der Waals surface area contributed by atoms with Crippen molar-refractivity contribution in [2.75, 3.05) is 7.05 Å². The Labute approximate surface area is 168 Å². The first-order valence-electron chi connectivity index (χ1n) is 9.29. The summed E-state index contributed by atoms with van der Waals surface area (Å²) in [7, 11) is 1.92. The average molecular weight is 387 g/mol. The van der Waals surface area contributed by atoms with Crippen molar-refractivity contribution in [3.63, 3.8) is 0 Å². The number of ketones is 1. The first kappa shape index (κ1) is 18.9. The highest BCUT2D eigenvalue weighted by atomic mass is 16.5. The molecule has 1 aliphatic rings. The molecule has 2 aromatic heterocycles. The molecular weight excluding hydrogens is 366 g/mol. The van der Waals surface area contributed by atoms with Crippen LogP contribution in [0.3, 0.4) is 0 Å². The van der Waals surface area contributed by atoms with E-state index in [1.54, 1.807) is 18.3 Å². The molecule has 1 atom stereocenters. The average Bonchev–Trinajstić information content (AvgIpc) is 3.21. The highest BCUT2D eigenvalue weighted by Gasteiger charge is 2.18. The van der Waals surface area contributed by atoms with Gasteiger partial charge in [-0.25, -0.2) is 4.98 Å². The third-order valence-corrected chi connectivity index (χ3v) is 4.74. The van der Waals surface area contributed by atoms with E-state index in [0.717, 1.165) is 29.1 Å². The van der Waals surface area contributed by atoms with Crippen LogP contribution in [-0.4, -0.2) is 34.0 Å². The topological polar surface area (TPSA) is 107 Å². The summed E-state index contributed by atoms with van der Waals surface area (Å²) in [6, 6.07) is 9.33. The molecule has 0 fully saturated rings. The summed E-state index contributed by atoms with van der Waals surface area (Å²) in [6.07, 6.45) is 6.51. The van der Waals surface area contributed by atoms with E-state index in [4.69, 9.17) is 10.3 Å². The van der Waals surface area contributed by atoms with Crippen LogP contribution in [-0.2, 0) is 11.3 Å². The maximum absolute atomic E-state index is 11.6. The normalized spacial score (nSPS) is 16.2. The maximum atomic E-state index is 11.6. The van der Waals surface area contributed by atoms with E-state index in [1.165, 1.54) is 11.6 Å². The van der Waals surface area contributed by atoms with Gasteiger partial charge in [0.1, 0.15) is 11.4 Å².